The second-order valence-electron chi connectivity index (χ2n) is 7.41. The zero-order valence-corrected chi connectivity index (χ0v) is 18.8. The fraction of sp³-hybridized carbons (Fsp3) is 0.250. The molecule has 0 bridgehead atoms. The highest BCUT2D eigenvalue weighted by atomic mass is 16.5. The van der Waals surface area contributed by atoms with Crippen LogP contribution in [0.1, 0.15) is 25.6 Å². The van der Waals surface area contributed by atoms with E-state index in [0.29, 0.717) is 40.6 Å². The number of aryl methyl sites for hydroxylation is 1. The molecule has 2 heterocycles. The summed E-state index contributed by atoms with van der Waals surface area (Å²) in [6.45, 7) is 5.78. The van der Waals surface area contributed by atoms with E-state index >= 15 is 0 Å². The summed E-state index contributed by atoms with van der Waals surface area (Å²) in [6.07, 6.45) is 0. The molecule has 0 saturated heterocycles. The van der Waals surface area contributed by atoms with E-state index in [1.807, 2.05) is 19.1 Å². The van der Waals surface area contributed by atoms with Gasteiger partial charge in [0.15, 0.2) is 5.52 Å². The van der Waals surface area contributed by atoms with Gasteiger partial charge in [0.2, 0.25) is 5.91 Å². The molecule has 2 aromatic heterocycles. The molecule has 33 heavy (non-hydrogen) atoms. The van der Waals surface area contributed by atoms with Crippen LogP contribution in [0.15, 0.2) is 57.8 Å². The Bertz CT molecular complexity index is 1340. The monoisotopic (exact) mass is 448 g/mol. The van der Waals surface area contributed by atoms with Crippen molar-refractivity contribution < 1.29 is 18.8 Å². The van der Waals surface area contributed by atoms with Crippen LogP contribution >= 0.6 is 0 Å². The van der Waals surface area contributed by atoms with Crippen LogP contribution in [0, 0.1) is 6.92 Å². The lowest BCUT2D eigenvalue weighted by Gasteiger charge is -2.16. The minimum atomic E-state index is -0.900. The third-order valence-corrected chi connectivity index (χ3v) is 5.26. The maximum atomic E-state index is 13.1. The Hall–Kier alpha value is -4.14. The second kappa shape index (κ2) is 9.15. The number of anilines is 1. The van der Waals surface area contributed by atoms with Crippen LogP contribution in [0.2, 0.25) is 0 Å². The highest BCUT2D eigenvalue weighted by Crippen LogP contribution is 2.29. The molecule has 2 aromatic carbocycles. The highest BCUT2D eigenvalue weighted by Gasteiger charge is 2.24. The van der Waals surface area contributed by atoms with Crippen LogP contribution in [-0.2, 0) is 4.79 Å². The Morgan fingerprint density at radius 3 is 2.42 bits per heavy atom. The van der Waals surface area contributed by atoms with Gasteiger partial charge >= 0.3 is 0 Å². The van der Waals surface area contributed by atoms with Gasteiger partial charge in [-0.25, -0.2) is 4.68 Å². The SMILES string of the molecule is CCOc1ccc(NC(=O)C(C)n2nc(-c3ccc(OC)cc3)c3c(C)onc3c2=O)cc1. The Balaban J connectivity index is 1.71. The van der Waals surface area contributed by atoms with Crippen molar-refractivity contribution in [2.75, 3.05) is 19.0 Å². The summed E-state index contributed by atoms with van der Waals surface area (Å²) in [7, 11) is 1.58. The van der Waals surface area contributed by atoms with Gasteiger partial charge < -0.3 is 19.3 Å². The van der Waals surface area contributed by atoms with Crippen molar-refractivity contribution in [1.29, 1.82) is 0 Å². The molecule has 0 fully saturated rings. The van der Waals surface area contributed by atoms with Crippen molar-refractivity contribution in [2.45, 2.75) is 26.8 Å². The van der Waals surface area contributed by atoms with Gasteiger partial charge in [0, 0.05) is 11.3 Å². The lowest BCUT2D eigenvalue weighted by Crippen LogP contribution is -2.34. The number of fused-ring (bicyclic) bond motifs is 1. The molecule has 1 unspecified atom stereocenters. The maximum absolute atomic E-state index is 13.1. The number of carbonyl (C=O) groups is 1. The first-order valence-corrected chi connectivity index (χ1v) is 10.5. The average molecular weight is 448 g/mol. The first-order valence-electron chi connectivity index (χ1n) is 10.5. The second-order valence-corrected chi connectivity index (χ2v) is 7.41. The van der Waals surface area contributed by atoms with Gasteiger partial charge in [0.05, 0.1) is 19.1 Å². The van der Waals surface area contributed by atoms with Crippen molar-refractivity contribution >= 4 is 22.5 Å². The van der Waals surface area contributed by atoms with E-state index in [0.717, 1.165) is 10.2 Å². The molecule has 0 saturated carbocycles. The number of carbonyl (C=O) groups excluding carboxylic acids is 1. The van der Waals surface area contributed by atoms with Crippen molar-refractivity contribution in [1.82, 2.24) is 14.9 Å². The van der Waals surface area contributed by atoms with Crippen LogP contribution in [0.25, 0.3) is 22.2 Å². The smallest absolute Gasteiger partial charge is 0.297 e. The molecule has 0 spiro atoms. The first kappa shape index (κ1) is 22.1. The quantitative estimate of drug-likeness (QED) is 0.456. The third kappa shape index (κ3) is 4.30. The van der Waals surface area contributed by atoms with Gasteiger partial charge in [-0.15, -0.1) is 0 Å². The summed E-state index contributed by atoms with van der Waals surface area (Å²) < 4.78 is 17.1. The molecule has 0 radical (unpaired) electrons. The standard InChI is InChI=1S/C24H24N4O5/c1-5-32-19-12-8-17(9-13-19)25-23(29)14(2)28-24(30)22-20(15(3)33-27-22)21(26-28)16-6-10-18(31-4)11-7-16/h6-14H,5H2,1-4H3,(H,25,29). The minimum absolute atomic E-state index is 0.119. The van der Waals surface area contributed by atoms with E-state index < -0.39 is 17.5 Å². The molecule has 170 valence electrons. The molecule has 1 amide bonds. The van der Waals surface area contributed by atoms with Crippen LogP contribution in [0.5, 0.6) is 11.5 Å². The zero-order chi connectivity index (χ0) is 23.5. The third-order valence-electron chi connectivity index (χ3n) is 5.26. The zero-order valence-electron chi connectivity index (χ0n) is 18.8. The van der Waals surface area contributed by atoms with Gasteiger partial charge in [-0.1, -0.05) is 5.16 Å². The number of methoxy groups -OCH3 is 1. The molecule has 4 aromatic rings. The van der Waals surface area contributed by atoms with Crippen LogP contribution in [0.3, 0.4) is 0 Å². The van der Waals surface area contributed by atoms with E-state index in [9.17, 15) is 9.59 Å². The molecular weight excluding hydrogens is 424 g/mol. The number of amides is 1. The Morgan fingerprint density at radius 1 is 1.12 bits per heavy atom. The maximum Gasteiger partial charge on any atom is 0.297 e. The first-order chi connectivity index (χ1) is 15.9. The van der Waals surface area contributed by atoms with Crippen molar-refractivity contribution in [3.8, 4) is 22.8 Å². The summed E-state index contributed by atoms with van der Waals surface area (Å²) in [5.74, 6) is 1.47. The van der Waals surface area contributed by atoms with E-state index in [2.05, 4.69) is 15.6 Å². The predicted octanol–water partition coefficient (Wildman–Crippen LogP) is 3.97. The normalized spacial score (nSPS) is 11.9. The molecule has 9 nitrogen and oxygen atoms in total. The summed E-state index contributed by atoms with van der Waals surface area (Å²) in [5.41, 5.74) is 1.42. The molecule has 1 atom stereocenters. The molecule has 1 N–H and O–H groups in total. The van der Waals surface area contributed by atoms with E-state index in [1.54, 1.807) is 57.4 Å². The number of rotatable bonds is 7. The van der Waals surface area contributed by atoms with Gasteiger partial charge in [-0.2, -0.15) is 5.10 Å². The molecule has 4 rings (SSSR count). The number of benzene rings is 2. The molecule has 9 heteroatoms. The summed E-state index contributed by atoms with van der Waals surface area (Å²) in [4.78, 5) is 26.0. The molecule has 0 aliphatic carbocycles. The topological polar surface area (TPSA) is 108 Å². The van der Waals surface area contributed by atoms with Gasteiger partial charge in [0.25, 0.3) is 5.56 Å². The van der Waals surface area contributed by atoms with E-state index in [1.165, 1.54) is 0 Å². The van der Waals surface area contributed by atoms with E-state index in [4.69, 9.17) is 14.0 Å². The minimum Gasteiger partial charge on any atom is -0.497 e. The van der Waals surface area contributed by atoms with Gasteiger partial charge in [-0.05, 0) is 69.3 Å². The van der Waals surface area contributed by atoms with Crippen LogP contribution < -0.4 is 20.3 Å². The van der Waals surface area contributed by atoms with E-state index in [-0.39, 0.29) is 5.52 Å². The Kier molecular flexibility index (Phi) is 6.12. The number of aromatic nitrogens is 3. The molecule has 0 aliphatic heterocycles. The van der Waals surface area contributed by atoms with Crippen molar-refractivity contribution in [3.05, 3.63) is 64.6 Å². The fourth-order valence-corrected chi connectivity index (χ4v) is 3.48. The van der Waals surface area contributed by atoms with Gasteiger partial charge in [-0.3, -0.25) is 9.59 Å². The van der Waals surface area contributed by atoms with Gasteiger partial charge in [0.1, 0.15) is 29.0 Å². The summed E-state index contributed by atoms with van der Waals surface area (Å²) >= 11 is 0. The Labute approximate surface area is 189 Å². The number of nitrogens with one attached hydrogen (secondary N) is 1. The average Bonchev–Trinajstić information content (AvgIpc) is 3.22. The van der Waals surface area contributed by atoms with Crippen LogP contribution in [0.4, 0.5) is 5.69 Å². The highest BCUT2D eigenvalue weighted by molar-refractivity contribution is 5.95. The number of hydrogen-bond acceptors (Lipinski definition) is 7. The summed E-state index contributed by atoms with van der Waals surface area (Å²) in [6, 6.07) is 13.3. The predicted molar refractivity (Wildman–Crippen MR) is 124 cm³/mol. The van der Waals surface area contributed by atoms with Crippen LogP contribution in [-0.4, -0.2) is 34.6 Å². The molecular formula is C24H24N4O5. The molecule has 0 aliphatic rings. The number of hydrogen-bond donors (Lipinski definition) is 1. The lowest BCUT2D eigenvalue weighted by atomic mass is 10.1. The van der Waals surface area contributed by atoms with Crippen molar-refractivity contribution in [2.24, 2.45) is 0 Å². The summed E-state index contributed by atoms with van der Waals surface area (Å²) in [5, 5.41) is 11.8. The Morgan fingerprint density at radius 2 is 1.79 bits per heavy atom. The largest absolute Gasteiger partial charge is 0.497 e. The fourth-order valence-electron chi connectivity index (χ4n) is 3.48. The van der Waals surface area contributed by atoms with Crippen molar-refractivity contribution in [3.63, 3.8) is 0 Å². The lowest BCUT2D eigenvalue weighted by molar-refractivity contribution is -0.119. The number of ether oxygens (including phenoxy) is 2. The number of nitrogens with zero attached hydrogens (tertiary/aromatic N) is 3.